The Bertz CT molecular complexity index is 684. The Morgan fingerprint density at radius 1 is 0.710 bits per heavy atom. The van der Waals surface area contributed by atoms with E-state index in [1.165, 1.54) is 60.0 Å². The van der Waals surface area contributed by atoms with E-state index in [0.717, 1.165) is 25.0 Å². The third-order valence-corrected chi connectivity index (χ3v) is 6.86. The molecule has 0 aromatic heterocycles. The van der Waals surface area contributed by atoms with Crippen LogP contribution in [0.15, 0.2) is 57.6 Å². The lowest BCUT2D eigenvalue weighted by molar-refractivity contribution is 0.320. The minimum absolute atomic E-state index is 0.130. The third kappa shape index (κ3) is 14.6. The summed E-state index contributed by atoms with van der Waals surface area (Å²) in [5, 5.41) is 2.35. The van der Waals surface area contributed by atoms with E-state index in [1.54, 1.807) is 0 Å². The summed E-state index contributed by atoms with van der Waals surface area (Å²) in [5.41, 5.74) is 7.57. The Morgan fingerprint density at radius 3 is 1.74 bits per heavy atom. The van der Waals surface area contributed by atoms with Gasteiger partial charge in [-0.15, -0.1) is 11.8 Å². The van der Waals surface area contributed by atoms with Crippen LogP contribution in [0.4, 0.5) is 0 Å². The minimum atomic E-state index is 0.130. The van der Waals surface area contributed by atoms with Crippen molar-refractivity contribution in [1.82, 2.24) is 0 Å². The highest BCUT2D eigenvalue weighted by Gasteiger charge is 2.46. The summed E-state index contributed by atoms with van der Waals surface area (Å²) in [6, 6.07) is 0. The van der Waals surface area contributed by atoms with E-state index in [1.807, 2.05) is 11.8 Å². The number of allylic oxidation sites excluding steroid dienone is 8. The predicted octanol–water partition coefficient (Wildman–Crippen LogP) is 9.73. The fourth-order valence-electron chi connectivity index (χ4n) is 3.52. The molecule has 0 aliphatic carbocycles. The van der Waals surface area contributed by atoms with Crippen LogP contribution >= 0.6 is 11.8 Å². The van der Waals surface area contributed by atoms with E-state index in [-0.39, 0.29) is 5.60 Å². The Hall–Kier alpha value is -0.990. The van der Waals surface area contributed by atoms with Gasteiger partial charge in [-0.3, -0.25) is 0 Å². The molecule has 1 saturated heterocycles. The summed E-state index contributed by atoms with van der Waals surface area (Å²) >= 11 is 1.93. The van der Waals surface area contributed by atoms with Crippen molar-refractivity contribution in [3.05, 3.63) is 57.6 Å². The third-order valence-electron chi connectivity index (χ3n) is 5.93. The molecule has 1 aliphatic heterocycles. The van der Waals surface area contributed by atoms with Crippen LogP contribution in [0.3, 0.4) is 0 Å². The summed E-state index contributed by atoms with van der Waals surface area (Å²) in [7, 11) is 0. The Morgan fingerprint density at radius 2 is 1.19 bits per heavy atom. The molecule has 176 valence electrons. The zero-order chi connectivity index (χ0) is 23.3. The van der Waals surface area contributed by atoms with Gasteiger partial charge in [0.25, 0.3) is 0 Å². The molecule has 1 aliphatic rings. The molecule has 0 amide bonds. The molecule has 1 unspecified atom stereocenters. The van der Waals surface area contributed by atoms with Crippen LogP contribution in [0.1, 0.15) is 107 Å². The monoisotopic (exact) mass is 444 g/mol. The first-order chi connectivity index (χ1) is 14.6. The molecule has 1 fully saturated rings. The Balaban J connectivity index is 2.15. The van der Waals surface area contributed by atoms with Gasteiger partial charge in [0.05, 0.1) is 11.7 Å². The van der Waals surface area contributed by atoms with Crippen LogP contribution in [0.2, 0.25) is 0 Å². The van der Waals surface area contributed by atoms with Crippen molar-refractivity contribution in [2.45, 2.75) is 118 Å². The van der Waals surface area contributed by atoms with E-state index in [9.17, 15) is 0 Å². The van der Waals surface area contributed by atoms with E-state index >= 15 is 0 Å². The Labute approximate surface area is 198 Å². The quantitative estimate of drug-likeness (QED) is 0.141. The lowest BCUT2D eigenvalue weighted by atomic mass is 10.0. The van der Waals surface area contributed by atoms with Crippen molar-refractivity contribution in [1.29, 1.82) is 0 Å². The molecule has 0 bridgehead atoms. The second-order valence-electron chi connectivity index (χ2n) is 10.1. The van der Waals surface area contributed by atoms with E-state index in [2.05, 4.69) is 85.1 Å². The summed E-state index contributed by atoms with van der Waals surface area (Å²) in [6.45, 7) is 17.8. The molecule has 31 heavy (non-hydrogen) atoms. The summed E-state index contributed by atoms with van der Waals surface area (Å²) in [6.07, 6.45) is 19.4. The maximum Gasteiger partial charge on any atom is 0.0892 e. The highest BCUT2D eigenvalue weighted by atomic mass is 32.2. The molecular weight excluding hydrogens is 396 g/mol. The molecule has 1 nitrogen and oxygen atoms in total. The number of hydrogen-bond donors (Lipinski definition) is 0. The van der Waals surface area contributed by atoms with Crippen molar-refractivity contribution in [2.24, 2.45) is 0 Å². The lowest BCUT2D eigenvalue weighted by Crippen LogP contribution is -2.02. The van der Waals surface area contributed by atoms with Gasteiger partial charge in [0, 0.05) is 5.75 Å². The number of rotatable bonds is 15. The van der Waals surface area contributed by atoms with E-state index in [0.29, 0.717) is 6.10 Å². The number of epoxide rings is 1. The molecule has 2 heteroatoms. The van der Waals surface area contributed by atoms with E-state index < -0.39 is 0 Å². The molecule has 1 rings (SSSR count). The largest absolute Gasteiger partial charge is 0.367 e. The first kappa shape index (κ1) is 28.0. The predicted molar refractivity (Wildman–Crippen MR) is 143 cm³/mol. The highest BCUT2D eigenvalue weighted by Crippen LogP contribution is 2.38. The van der Waals surface area contributed by atoms with Crippen LogP contribution in [-0.4, -0.2) is 17.5 Å². The van der Waals surface area contributed by atoms with Crippen LogP contribution in [0.25, 0.3) is 0 Å². The van der Waals surface area contributed by atoms with Gasteiger partial charge in [-0.05, 0) is 112 Å². The van der Waals surface area contributed by atoms with Crippen LogP contribution in [0, 0.1) is 0 Å². The molecule has 0 aromatic rings. The van der Waals surface area contributed by atoms with Gasteiger partial charge in [0.15, 0.2) is 0 Å². The van der Waals surface area contributed by atoms with Gasteiger partial charge in [-0.2, -0.15) is 0 Å². The lowest BCUT2D eigenvalue weighted by Gasteiger charge is -2.03. The topological polar surface area (TPSA) is 12.5 Å². The van der Waals surface area contributed by atoms with Gasteiger partial charge < -0.3 is 4.74 Å². The Kier molecular flexibility index (Phi) is 13.5. The van der Waals surface area contributed by atoms with Gasteiger partial charge in [0.1, 0.15) is 0 Å². The molecule has 0 spiro atoms. The normalized spacial score (nSPS) is 19.5. The van der Waals surface area contributed by atoms with Crippen molar-refractivity contribution >= 4 is 11.8 Å². The van der Waals surface area contributed by atoms with Crippen LogP contribution < -0.4 is 0 Å². The maximum atomic E-state index is 5.67. The first-order valence-corrected chi connectivity index (χ1v) is 13.2. The average Bonchev–Trinajstić information content (AvgIpc) is 3.30. The molecular formula is C29H48OS. The second-order valence-corrected chi connectivity index (χ2v) is 11.0. The number of ether oxygens (including phenoxy) is 1. The zero-order valence-corrected chi connectivity index (χ0v) is 22.5. The molecule has 0 radical (unpaired) electrons. The van der Waals surface area contributed by atoms with Crippen LogP contribution in [0.5, 0.6) is 0 Å². The fourth-order valence-corrected chi connectivity index (χ4v) is 4.40. The molecule has 0 saturated carbocycles. The van der Waals surface area contributed by atoms with Gasteiger partial charge in [0.2, 0.25) is 0 Å². The molecule has 1 heterocycles. The van der Waals surface area contributed by atoms with Crippen LogP contribution in [-0.2, 0) is 4.74 Å². The minimum Gasteiger partial charge on any atom is -0.367 e. The second kappa shape index (κ2) is 15.0. The van der Waals surface area contributed by atoms with Gasteiger partial charge >= 0.3 is 0 Å². The smallest absolute Gasteiger partial charge is 0.0892 e. The fraction of sp³-hybridized carbons (Fsp3) is 0.655. The van der Waals surface area contributed by atoms with Gasteiger partial charge in [-0.1, -0.05) is 52.2 Å². The molecule has 1 atom stereocenters. The van der Waals surface area contributed by atoms with E-state index in [4.69, 9.17) is 4.74 Å². The first-order valence-electron chi connectivity index (χ1n) is 12.2. The summed E-state index contributed by atoms with van der Waals surface area (Å²) < 4.78 is 5.67. The van der Waals surface area contributed by atoms with Crippen molar-refractivity contribution in [3.63, 3.8) is 0 Å². The summed E-state index contributed by atoms with van der Waals surface area (Å²) in [5.74, 6) is 1.08. The summed E-state index contributed by atoms with van der Waals surface area (Å²) in [4.78, 5) is 0. The molecule has 0 N–H and O–H groups in total. The molecule has 0 aromatic carbocycles. The van der Waals surface area contributed by atoms with Crippen molar-refractivity contribution < 1.29 is 4.74 Å². The van der Waals surface area contributed by atoms with Gasteiger partial charge in [-0.25, -0.2) is 0 Å². The standard InChI is InChI=1S/C29H48OS/c1-23(2)12-9-13-24(3)14-11-17-27(6)22-31-21-20-26(5)16-10-15-25(4)18-19-28-29(7,8)30-28/h12,14-15,20,22,28H,9-11,13,16-19,21H2,1-8H3/b24-14+,25-15+,26-20+,27-22+. The number of thioether (sulfide) groups is 1. The highest BCUT2D eigenvalue weighted by molar-refractivity contribution is 8.02. The van der Waals surface area contributed by atoms with Crippen molar-refractivity contribution in [2.75, 3.05) is 5.75 Å². The maximum absolute atomic E-state index is 5.67. The van der Waals surface area contributed by atoms with Crippen molar-refractivity contribution in [3.8, 4) is 0 Å². The number of hydrogen-bond acceptors (Lipinski definition) is 2. The average molecular weight is 445 g/mol. The SMILES string of the molecule is CC(C)=CCC/C(C)=C/CC/C(C)=C/SC/C=C(\C)CC/C=C(\C)CCC1OC1(C)C. The zero-order valence-electron chi connectivity index (χ0n) is 21.6.